The quantitative estimate of drug-likeness (QED) is 0.217. The van der Waals surface area contributed by atoms with Gasteiger partial charge in [-0.15, -0.1) is 11.3 Å². The van der Waals surface area contributed by atoms with E-state index in [1.54, 1.807) is 31.6 Å². The van der Waals surface area contributed by atoms with E-state index in [9.17, 15) is 14.4 Å². The molecule has 1 aliphatic rings. The Labute approximate surface area is 265 Å². The number of hydrogen-bond donors (Lipinski definition) is 3. The molecule has 234 valence electrons. The number of nitrogens with one attached hydrogen (secondary N) is 3. The summed E-state index contributed by atoms with van der Waals surface area (Å²) < 4.78 is 17.0. The topological polar surface area (TPSA) is 128 Å². The summed E-state index contributed by atoms with van der Waals surface area (Å²) in [7, 11) is 4.65. The van der Waals surface area contributed by atoms with Gasteiger partial charge < -0.3 is 30.2 Å². The van der Waals surface area contributed by atoms with E-state index in [0.29, 0.717) is 54.2 Å². The smallest absolute Gasteiger partial charge is 0.239 e. The molecule has 0 saturated heterocycles. The number of hydrogen-bond acceptors (Lipinski definition) is 9. The zero-order valence-corrected chi connectivity index (χ0v) is 26.5. The van der Waals surface area contributed by atoms with E-state index in [0.717, 1.165) is 27.4 Å². The largest absolute Gasteiger partial charge is 0.493 e. The lowest BCUT2D eigenvalue weighted by molar-refractivity contribution is -0.120. The van der Waals surface area contributed by atoms with Crippen LogP contribution in [0.15, 0.2) is 64.8 Å². The predicted molar refractivity (Wildman–Crippen MR) is 175 cm³/mol. The van der Waals surface area contributed by atoms with Crippen LogP contribution in [-0.4, -0.2) is 51.2 Å². The van der Waals surface area contributed by atoms with Gasteiger partial charge in [-0.25, -0.2) is 4.98 Å². The lowest BCUT2D eigenvalue weighted by Crippen LogP contribution is -2.32. The zero-order valence-electron chi connectivity index (χ0n) is 25.7. The van der Waals surface area contributed by atoms with E-state index in [-0.39, 0.29) is 29.5 Å². The Morgan fingerprint density at radius 2 is 1.78 bits per heavy atom. The molecular formula is C34H36N4O6S. The number of rotatable bonds is 11. The molecule has 1 heterocycles. The fraction of sp³-hybridized carbons (Fsp3) is 0.294. The molecule has 10 nitrogen and oxygen atoms in total. The summed E-state index contributed by atoms with van der Waals surface area (Å²) in [5, 5.41) is 11.8. The number of benzene rings is 2. The number of thiazole rings is 1. The number of aryl methyl sites for hydroxylation is 1. The summed E-state index contributed by atoms with van der Waals surface area (Å²) in [6, 6.07) is 16.4. The third kappa shape index (κ3) is 7.09. The van der Waals surface area contributed by atoms with Crippen LogP contribution in [0.3, 0.4) is 0 Å². The summed E-state index contributed by atoms with van der Waals surface area (Å²) in [6.07, 6.45) is 1.76. The van der Waals surface area contributed by atoms with Gasteiger partial charge in [0, 0.05) is 36.4 Å². The van der Waals surface area contributed by atoms with Gasteiger partial charge in [-0.3, -0.25) is 14.4 Å². The van der Waals surface area contributed by atoms with E-state index < -0.39 is 6.04 Å². The molecule has 0 spiro atoms. The van der Waals surface area contributed by atoms with Crippen molar-refractivity contribution in [1.82, 2.24) is 15.6 Å². The molecule has 45 heavy (non-hydrogen) atoms. The standard InChI is InChI=1S/C34H36N4O6S/c1-20(39)37-25-12-10-22-16-29(42-2)33(43-3)34(44-4)32(22)23-11-13-26(28(40)17-24(23)25)36-18-30(41)35-15-14-31-38-27(19-45-31)21-8-6-5-7-9-21/h5-9,11,13,16-17,19,25H,10,12,14-15,18H2,1-4H3,(H,35,41)(H,36,40)(H,37,39). The van der Waals surface area contributed by atoms with Gasteiger partial charge in [0.05, 0.1) is 50.3 Å². The highest BCUT2D eigenvalue weighted by Crippen LogP contribution is 2.50. The third-order valence-corrected chi connectivity index (χ3v) is 8.55. The van der Waals surface area contributed by atoms with E-state index in [1.165, 1.54) is 20.1 Å². The van der Waals surface area contributed by atoms with Gasteiger partial charge in [0.25, 0.3) is 0 Å². The minimum atomic E-state index is -0.420. The second-order valence-electron chi connectivity index (χ2n) is 10.5. The van der Waals surface area contributed by atoms with Crippen molar-refractivity contribution in [3.63, 3.8) is 0 Å². The number of aromatic nitrogens is 1. The molecule has 2 amide bonds. The number of carbonyl (C=O) groups is 2. The molecule has 1 unspecified atom stereocenters. The minimum Gasteiger partial charge on any atom is -0.493 e. The Balaban J connectivity index is 1.35. The number of methoxy groups -OCH3 is 3. The normalized spacial score (nSPS) is 13.5. The first kappa shape index (κ1) is 31.5. The molecule has 0 bridgehead atoms. The molecule has 1 aromatic heterocycles. The van der Waals surface area contributed by atoms with E-state index >= 15 is 0 Å². The monoisotopic (exact) mass is 628 g/mol. The van der Waals surface area contributed by atoms with E-state index in [4.69, 9.17) is 14.2 Å². The number of anilines is 1. The molecule has 3 N–H and O–H groups in total. The van der Waals surface area contributed by atoms with Crippen LogP contribution < -0.4 is 35.6 Å². The molecule has 1 atom stereocenters. The number of carbonyl (C=O) groups excluding carboxylic acids is 2. The van der Waals surface area contributed by atoms with Crippen LogP contribution in [0.25, 0.3) is 22.4 Å². The van der Waals surface area contributed by atoms with Crippen molar-refractivity contribution in [2.75, 3.05) is 39.7 Å². The van der Waals surface area contributed by atoms with Gasteiger partial charge in [0.1, 0.15) is 0 Å². The number of fused-ring (bicyclic) bond motifs is 3. The summed E-state index contributed by atoms with van der Waals surface area (Å²) in [6.45, 7) is 1.79. The molecule has 0 radical (unpaired) electrons. The highest BCUT2D eigenvalue weighted by molar-refractivity contribution is 7.09. The van der Waals surface area contributed by atoms with Gasteiger partial charge >= 0.3 is 0 Å². The molecule has 3 aromatic carbocycles. The van der Waals surface area contributed by atoms with Crippen LogP contribution in [-0.2, 0) is 22.4 Å². The average molecular weight is 629 g/mol. The van der Waals surface area contributed by atoms with Gasteiger partial charge in [0.15, 0.2) is 11.5 Å². The Kier molecular flexibility index (Phi) is 9.99. The highest BCUT2D eigenvalue weighted by Gasteiger charge is 2.29. The molecule has 0 fully saturated rings. The molecule has 5 rings (SSSR count). The summed E-state index contributed by atoms with van der Waals surface area (Å²) in [5.41, 5.74) is 4.98. The van der Waals surface area contributed by atoms with Crippen molar-refractivity contribution in [1.29, 1.82) is 0 Å². The lowest BCUT2D eigenvalue weighted by atomic mass is 9.95. The second kappa shape index (κ2) is 14.3. The van der Waals surface area contributed by atoms with E-state index in [2.05, 4.69) is 20.9 Å². The predicted octanol–water partition coefficient (Wildman–Crippen LogP) is 4.76. The summed E-state index contributed by atoms with van der Waals surface area (Å²) >= 11 is 1.56. The first-order valence-corrected chi connectivity index (χ1v) is 15.5. The molecule has 1 aliphatic carbocycles. The molecule has 0 aliphatic heterocycles. The Morgan fingerprint density at radius 3 is 2.49 bits per heavy atom. The van der Waals surface area contributed by atoms with Crippen molar-refractivity contribution in [3.8, 4) is 39.6 Å². The van der Waals surface area contributed by atoms with Crippen LogP contribution in [0.2, 0.25) is 0 Å². The molecule has 0 saturated carbocycles. The summed E-state index contributed by atoms with van der Waals surface area (Å²) in [5.74, 6) is 0.974. The van der Waals surface area contributed by atoms with Crippen LogP contribution in [0, 0.1) is 0 Å². The molecular weight excluding hydrogens is 592 g/mol. The molecule has 11 heteroatoms. The Hall–Kier alpha value is -4.90. The second-order valence-corrected chi connectivity index (χ2v) is 11.5. The first-order valence-electron chi connectivity index (χ1n) is 14.6. The SMILES string of the molecule is COc1cc2c(c(OC)c1OC)-c1ccc(NCC(=O)NCCc3nc(-c4ccccc4)cs3)c(=O)cc1C(NC(C)=O)CC2. The Bertz CT molecular complexity index is 1760. The maximum Gasteiger partial charge on any atom is 0.239 e. The van der Waals surface area contributed by atoms with Gasteiger partial charge in [-0.05, 0) is 47.7 Å². The van der Waals surface area contributed by atoms with Crippen molar-refractivity contribution in [2.24, 2.45) is 0 Å². The highest BCUT2D eigenvalue weighted by atomic mass is 32.1. The van der Waals surface area contributed by atoms with Gasteiger partial charge in [-0.1, -0.05) is 36.4 Å². The third-order valence-electron chi connectivity index (χ3n) is 7.64. The maximum atomic E-state index is 13.5. The number of ether oxygens (including phenoxy) is 3. The average Bonchev–Trinajstić information content (AvgIpc) is 3.39. The maximum absolute atomic E-state index is 13.5. The van der Waals surface area contributed by atoms with Crippen LogP contribution in [0.5, 0.6) is 17.2 Å². The number of nitrogens with zero attached hydrogens (tertiary/aromatic N) is 1. The minimum absolute atomic E-state index is 0.0862. The van der Waals surface area contributed by atoms with Crippen LogP contribution in [0.1, 0.15) is 35.5 Å². The van der Waals surface area contributed by atoms with Crippen molar-refractivity contribution in [3.05, 3.63) is 86.3 Å². The van der Waals surface area contributed by atoms with Crippen molar-refractivity contribution >= 4 is 28.8 Å². The fourth-order valence-electron chi connectivity index (χ4n) is 5.57. The van der Waals surface area contributed by atoms with Crippen molar-refractivity contribution < 1.29 is 23.8 Å². The zero-order chi connectivity index (χ0) is 31.9. The van der Waals surface area contributed by atoms with Crippen LogP contribution >= 0.6 is 11.3 Å². The molecule has 4 aromatic rings. The fourth-order valence-corrected chi connectivity index (χ4v) is 6.38. The summed E-state index contributed by atoms with van der Waals surface area (Å²) in [4.78, 5) is 43.0. The van der Waals surface area contributed by atoms with Crippen LogP contribution in [0.4, 0.5) is 5.69 Å². The van der Waals surface area contributed by atoms with Gasteiger partial charge in [0.2, 0.25) is 23.0 Å². The lowest BCUT2D eigenvalue weighted by Gasteiger charge is -2.19. The van der Waals surface area contributed by atoms with Gasteiger partial charge in [-0.2, -0.15) is 0 Å². The van der Waals surface area contributed by atoms with E-state index in [1.807, 2.05) is 47.8 Å². The first-order chi connectivity index (χ1) is 21.8. The number of amides is 2. The Morgan fingerprint density at radius 1 is 1.00 bits per heavy atom. The van der Waals surface area contributed by atoms with Crippen molar-refractivity contribution in [2.45, 2.75) is 32.2 Å².